The number of carbonyl (C=O) groups is 2. The predicted octanol–water partition coefficient (Wildman–Crippen LogP) is 1.38. The summed E-state index contributed by atoms with van der Waals surface area (Å²) in [6.07, 6.45) is -4.96. The smallest absolute Gasteiger partial charge is 0.368 e. The number of halogens is 3. The third-order valence-electron chi connectivity index (χ3n) is 3.56. The summed E-state index contributed by atoms with van der Waals surface area (Å²) < 4.78 is 36.9. The highest BCUT2D eigenvalue weighted by Crippen LogP contribution is 2.52. The Hall–Kier alpha value is -2.05. The number of nitrogens with one attached hydrogen (secondary N) is 1. The zero-order chi connectivity index (χ0) is 15.1. The zero-order valence-electron chi connectivity index (χ0n) is 10.6. The molecule has 1 saturated carbocycles. The molecule has 0 bridgehead atoms. The van der Waals surface area contributed by atoms with Gasteiger partial charge in [-0.2, -0.15) is 13.2 Å². The molecule has 0 spiro atoms. The topological polar surface area (TPSA) is 72.2 Å². The highest BCUT2D eigenvalue weighted by Gasteiger charge is 2.63. The molecule has 1 aromatic carbocycles. The number of primary amides is 1. The SMILES string of the molecule is Cc1ccccc1C1CC1(NC(=O)C(F)(F)F)C(N)=O. The molecule has 108 valence electrons. The molecule has 1 aliphatic carbocycles. The van der Waals surface area contributed by atoms with Gasteiger partial charge in [-0.15, -0.1) is 0 Å². The van der Waals surface area contributed by atoms with Crippen molar-refractivity contribution in [1.82, 2.24) is 5.32 Å². The van der Waals surface area contributed by atoms with E-state index in [0.717, 1.165) is 5.56 Å². The van der Waals surface area contributed by atoms with Crippen molar-refractivity contribution in [3.63, 3.8) is 0 Å². The standard InChI is InChI=1S/C13H13F3N2O2/c1-7-4-2-3-5-8(7)9-6-12(9,10(17)19)18-11(20)13(14,15)16/h2-5,9H,6H2,1H3,(H2,17,19)(H,18,20). The number of hydrogen-bond acceptors (Lipinski definition) is 2. The lowest BCUT2D eigenvalue weighted by Gasteiger charge is -2.18. The highest BCUT2D eigenvalue weighted by atomic mass is 19.4. The molecule has 2 atom stereocenters. The molecule has 1 fully saturated rings. The maximum Gasteiger partial charge on any atom is 0.471 e. The van der Waals surface area contributed by atoms with E-state index in [1.807, 2.05) is 0 Å². The number of alkyl halides is 3. The first-order valence-corrected chi connectivity index (χ1v) is 5.93. The van der Waals surface area contributed by atoms with E-state index in [-0.39, 0.29) is 6.42 Å². The van der Waals surface area contributed by atoms with Gasteiger partial charge in [-0.3, -0.25) is 9.59 Å². The molecule has 0 aromatic heterocycles. The largest absolute Gasteiger partial charge is 0.471 e. The number of hydrogen-bond donors (Lipinski definition) is 2. The van der Waals surface area contributed by atoms with Crippen molar-refractivity contribution in [3.05, 3.63) is 35.4 Å². The van der Waals surface area contributed by atoms with Gasteiger partial charge in [-0.05, 0) is 24.5 Å². The van der Waals surface area contributed by atoms with E-state index in [1.54, 1.807) is 36.5 Å². The van der Waals surface area contributed by atoms with Crippen molar-refractivity contribution in [1.29, 1.82) is 0 Å². The second kappa shape index (κ2) is 4.50. The van der Waals surface area contributed by atoms with Crippen LogP contribution >= 0.6 is 0 Å². The van der Waals surface area contributed by atoms with Crippen LogP contribution in [0.2, 0.25) is 0 Å². The van der Waals surface area contributed by atoms with Gasteiger partial charge in [0.15, 0.2) is 0 Å². The third-order valence-corrected chi connectivity index (χ3v) is 3.56. The lowest BCUT2D eigenvalue weighted by molar-refractivity contribution is -0.175. The van der Waals surface area contributed by atoms with Gasteiger partial charge in [0.25, 0.3) is 0 Å². The Balaban J connectivity index is 2.26. The molecule has 3 N–H and O–H groups in total. The molecule has 2 rings (SSSR count). The average Bonchev–Trinajstić information content (AvgIpc) is 3.04. The van der Waals surface area contributed by atoms with Crippen LogP contribution in [0.15, 0.2) is 24.3 Å². The fraction of sp³-hybridized carbons (Fsp3) is 0.385. The second-order valence-electron chi connectivity index (χ2n) is 4.90. The van der Waals surface area contributed by atoms with E-state index >= 15 is 0 Å². The summed E-state index contributed by atoms with van der Waals surface area (Å²) in [7, 11) is 0. The summed E-state index contributed by atoms with van der Waals surface area (Å²) in [4.78, 5) is 22.5. The van der Waals surface area contributed by atoms with Crippen LogP contribution in [-0.2, 0) is 9.59 Å². The quantitative estimate of drug-likeness (QED) is 0.881. The monoisotopic (exact) mass is 286 g/mol. The van der Waals surface area contributed by atoms with Gasteiger partial charge in [0, 0.05) is 5.92 Å². The Labute approximate surface area is 113 Å². The van der Waals surface area contributed by atoms with Gasteiger partial charge in [-0.1, -0.05) is 24.3 Å². The van der Waals surface area contributed by atoms with Crippen molar-refractivity contribution in [2.24, 2.45) is 5.73 Å². The minimum absolute atomic E-state index is 0.0784. The first-order valence-electron chi connectivity index (χ1n) is 5.93. The molecular weight excluding hydrogens is 273 g/mol. The van der Waals surface area contributed by atoms with E-state index in [0.29, 0.717) is 5.56 Å². The molecule has 0 heterocycles. The Kier molecular flexibility index (Phi) is 3.23. The molecule has 0 radical (unpaired) electrons. The van der Waals surface area contributed by atoms with Crippen LogP contribution in [0.4, 0.5) is 13.2 Å². The predicted molar refractivity (Wildman–Crippen MR) is 64.7 cm³/mol. The summed E-state index contributed by atoms with van der Waals surface area (Å²) in [5, 5.41) is 1.74. The highest BCUT2D eigenvalue weighted by molar-refractivity contribution is 5.96. The van der Waals surface area contributed by atoms with Crippen LogP contribution in [0, 0.1) is 6.92 Å². The number of amides is 2. The van der Waals surface area contributed by atoms with Gasteiger partial charge in [-0.25, -0.2) is 0 Å². The summed E-state index contributed by atoms with van der Waals surface area (Å²) in [6, 6.07) is 6.99. The number of nitrogens with two attached hydrogens (primary N) is 1. The minimum atomic E-state index is -5.04. The van der Waals surface area contributed by atoms with Crippen molar-refractivity contribution >= 4 is 11.8 Å². The first-order chi connectivity index (χ1) is 9.18. The number of rotatable bonds is 3. The maximum atomic E-state index is 12.3. The van der Waals surface area contributed by atoms with E-state index in [2.05, 4.69) is 0 Å². The summed E-state index contributed by atoms with van der Waals surface area (Å²) in [5.41, 5.74) is 5.09. The molecule has 0 saturated heterocycles. The van der Waals surface area contributed by atoms with Crippen molar-refractivity contribution in [2.45, 2.75) is 31.0 Å². The molecule has 1 aliphatic rings. The molecule has 0 aliphatic heterocycles. The van der Waals surface area contributed by atoms with E-state index < -0.39 is 29.4 Å². The van der Waals surface area contributed by atoms with Crippen LogP contribution in [-0.4, -0.2) is 23.5 Å². The molecular formula is C13H13F3N2O2. The van der Waals surface area contributed by atoms with Gasteiger partial charge < -0.3 is 11.1 Å². The van der Waals surface area contributed by atoms with Crippen molar-refractivity contribution < 1.29 is 22.8 Å². The van der Waals surface area contributed by atoms with Crippen LogP contribution in [0.1, 0.15) is 23.5 Å². The first kappa shape index (κ1) is 14.4. The fourth-order valence-electron chi connectivity index (χ4n) is 2.36. The van der Waals surface area contributed by atoms with E-state index in [1.165, 1.54) is 0 Å². The Morgan fingerprint density at radius 3 is 2.45 bits per heavy atom. The number of benzene rings is 1. The summed E-state index contributed by atoms with van der Waals surface area (Å²) >= 11 is 0. The molecule has 2 amide bonds. The Morgan fingerprint density at radius 2 is 1.95 bits per heavy atom. The average molecular weight is 286 g/mol. The lowest BCUT2D eigenvalue weighted by atomic mass is 10.0. The Morgan fingerprint density at radius 1 is 1.35 bits per heavy atom. The van der Waals surface area contributed by atoms with Crippen molar-refractivity contribution in [3.8, 4) is 0 Å². The van der Waals surface area contributed by atoms with E-state index in [4.69, 9.17) is 5.73 Å². The summed E-state index contributed by atoms with van der Waals surface area (Å²) in [5.74, 6) is -3.62. The lowest BCUT2D eigenvalue weighted by Crippen LogP contribution is -2.52. The molecule has 4 nitrogen and oxygen atoms in total. The minimum Gasteiger partial charge on any atom is -0.368 e. The fourth-order valence-corrected chi connectivity index (χ4v) is 2.36. The molecule has 20 heavy (non-hydrogen) atoms. The van der Waals surface area contributed by atoms with Crippen LogP contribution in [0.25, 0.3) is 0 Å². The van der Waals surface area contributed by atoms with E-state index in [9.17, 15) is 22.8 Å². The van der Waals surface area contributed by atoms with Gasteiger partial charge in [0.05, 0.1) is 0 Å². The maximum absolute atomic E-state index is 12.3. The number of carbonyl (C=O) groups excluding carboxylic acids is 2. The molecule has 2 unspecified atom stereocenters. The van der Waals surface area contributed by atoms with Crippen LogP contribution in [0.3, 0.4) is 0 Å². The number of aryl methyl sites for hydroxylation is 1. The molecule has 7 heteroatoms. The van der Waals surface area contributed by atoms with Crippen LogP contribution in [0.5, 0.6) is 0 Å². The zero-order valence-corrected chi connectivity index (χ0v) is 10.6. The Bertz CT molecular complexity index is 571. The normalized spacial score (nSPS) is 25.1. The summed E-state index contributed by atoms with van der Waals surface area (Å²) in [6.45, 7) is 1.78. The van der Waals surface area contributed by atoms with Gasteiger partial charge in [0.1, 0.15) is 5.54 Å². The van der Waals surface area contributed by atoms with Gasteiger partial charge >= 0.3 is 12.1 Å². The molecule has 1 aromatic rings. The van der Waals surface area contributed by atoms with Crippen LogP contribution < -0.4 is 11.1 Å². The van der Waals surface area contributed by atoms with Crippen molar-refractivity contribution in [2.75, 3.05) is 0 Å². The third kappa shape index (κ3) is 2.35. The second-order valence-corrected chi connectivity index (χ2v) is 4.90. The van der Waals surface area contributed by atoms with Gasteiger partial charge in [0.2, 0.25) is 5.91 Å².